The van der Waals surface area contributed by atoms with Crippen molar-refractivity contribution in [3.05, 3.63) is 59.2 Å². The van der Waals surface area contributed by atoms with E-state index in [1.807, 2.05) is 63.2 Å². The van der Waals surface area contributed by atoms with Crippen LogP contribution in [0.2, 0.25) is 0 Å². The smallest absolute Gasteiger partial charge is 0.238 e. The van der Waals surface area contributed by atoms with Gasteiger partial charge < -0.3 is 15.4 Å². The van der Waals surface area contributed by atoms with Gasteiger partial charge in [-0.2, -0.15) is 0 Å². The first kappa shape index (κ1) is 22.4. The molecule has 0 aromatic heterocycles. The minimum Gasteiger partial charge on any atom is -0.494 e. The van der Waals surface area contributed by atoms with Crippen LogP contribution in [-0.2, 0) is 9.59 Å². The van der Waals surface area contributed by atoms with Crippen LogP contribution < -0.4 is 15.4 Å². The fraction of sp³-hybridized carbons (Fsp3) is 0.391. The van der Waals surface area contributed by atoms with Crippen LogP contribution in [0.25, 0.3) is 0 Å². The van der Waals surface area contributed by atoms with E-state index in [4.69, 9.17) is 4.74 Å². The fourth-order valence-electron chi connectivity index (χ4n) is 2.87. The van der Waals surface area contributed by atoms with Gasteiger partial charge in [-0.15, -0.1) is 0 Å². The van der Waals surface area contributed by atoms with Crippen molar-refractivity contribution in [1.29, 1.82) is 0 Å². The van der Waals surface area contributed by atoms with E-state index >= 15 is 0 Å². The normalized spacial score (nSPS) is 10.7. The number of carbonyl (C=O) groups is 2. The predicted octanol–water partition coefficient (Wildman–Crippen LogP) is 3.07. The van der Waals surface area contributed by atoms with Crippen molar-refractivity contribution in [3.8, 4) is 5.75 Å². The molecule has 0 aliphatic carbocycles. The van der Waals surface area contributed by atoms with E-state index in [-0.39, 0.29) is 24.9 Å². The van der Waals surface area contributed by atoms with E-state index in [0.717, 1.165) is 34.5 Å². The number of nitrogens with zero attached hydrogens (tertiary/aromatic N) is 1. The van der Waals surface area contributed by atoms with E-state index in [1.165, 1.54) is 0 Å². The number of likely N-dealkylation sites (N-methyl/N-ethyl adjacent to an activating group) is 1. The molecular weight excluding hydrogens is 366 g/mol. The minimum atomic E-state index is -0.138. The second-order valence-corrected chi connectivity index (χ2v) is 7.34. The Hall–Kier alpha value is -2.86. The summed E-state index contributed by atoms with van der Waals surface area (Å²) in [5, 5.41) is 5.76. The van der Waals surface area contributed by atoms with Gasteiger partial charge in [0.2, 0.25) is 11.8 Å². The summed E-state index contributed by atoms with van der Waals surface area (Å²) in [5.74, 6) is 0.592. The number of anilines is 1. The molecule has 0 fully saturated rings. The Morgan fingerprint density at radius 1 is 1.00 bits per heavy atom. The van der Waals surface area contributed by atoms with Gasteiger partial charge in [0.05, 0.1) is 19.7 Å². The summed E-state index contributed by atoms with van der Waals surface area (Å²) >= 11 is 0. The number of amides is 2. The van der Waals surface area contributed by atoms with Crippen LogP contribution in [0.5, 0.6) is 5.75 Å². The molecule has 0 atom stereocenters. The van der Waals surface area contributed by atoms with Gasteiger partial charge in [-0.05, 0) is 69.1 Å². The van der Waals surface area contributed by atoms with Gasteiger partial charge in [-0.25, -0.2) is 0 Å². The van der Waals surface area contributed by atoms with Crippen LogP contribution in [0, 0.1) is 20.8 Å². The quantitative estimate of drug-likeness (QED) is 0.605. The minimum absolute atomic E-state index is 0.109. The lowest BCUT2D eigenvalue weighted by molar-refractivity contribution is -0.122. The van der Waals surface area contributed by atoms with Gasteiger partial charge in [0, 0.05) is 12.2 Å². The molecule has 0 aliphatic heterocycles. The van der Waals surface area contributed by atoms with Crippen molar-refractivity contribution in [3.63, 3.8) is 0 Å². The van der Waals surface area contributed by atoms with Gasteiger partial charge >= 0.3 is 0 Å². The van der Waals surface area contributed by atoms with Crippen molar-refractivity contribution in [2.24, 2.45) is 0 Å². The molecule has 0 unspecified atom stereocenters. The molecule has 0 radical (unpaired) electrons. The third-order valence-electron chi connectivity index (χ3n) is 4.61. The van der Waals surface area contributed by atoms with Crippen LogP contribution in [0.1, 0.15) is 23.1 Å². The second kappa shape index (κ2) is 11.2. The number of benzene rings is 2. The molecule has 2 amide bonds. The number of hydrogen-bond donors (Lipinski definition) is 2. The molecule has 0 saturated heterocycles. The van der Waals surface area contributed by atoms with E-state index < -0.39 is 0 Å². The Morgan fingerprint density at radius 2 is 1.72 bits per heavy atom. The summed E-state index contributed by atoms with van der Waals surface area (Å²) in [5.41, 5.74) is 4.14. The Kier molecular flexibility index (Phi) is 8.68. The number of rotatable bonds is 10. The number of aryl methyl sites for hydroxylation is 2. The fourth-order valence-corrected chi connectivity index (χ4v) is 2.87. The summed E-state index contributed by atoms with van der Waals surface area (Å²) in [6.07, 6.45) is 0.719. The molecule has 2 rings (SSSR count). The predicted molar refractivity (Wildman–Crippen MR) is 116 cm³/mol. The first-order chi connectivity index (χ1) is 13.8. The summed E-state index contributed by atoms with van der Waals surface area (Å²) < 4.78 is 5.66. The molecule has 2 aromatic rings. The van der Waals surface area contributed by atoms with E-state index in [0.29, 0.717) is 13.2 Å². The highest BCUT2D eigenvalue weighted by Crippen LogP contribution is 2.17. The topological polar surface area (TPSA) is 70.7 Å². The van der Waals surface area contributed by atoms with Gasteiger partial charge in [-0.1, -0.05) is 24.3 Å². The second-order valence-electron chi connectivity index (χ2n) is 7.34. The molecule has 0 spiro atoms. The molecule has 0 saturated carbocycles. The van der Waals surface area contributed by atoms with E-state index in [1.54, 1.807) is 11.9 Å². The van der Waals surface area contributed by atoms with Crippen molar-refractivity contribution < 1.29 is 14.3 Å². The molecule has 2 aromatic carbocycles. The monoisotopic (exact) mass is 397 g/mol. The third kappa shape index (κ3) is 7.95. The lowest BCUT2D eigenvalue weighted by atomic mass is 10.1. The van der Waals surface area contributed by atoms with Crippen molar-refractivity contribution in [2.75, 3.05) is 38.6 Å². The lowest BCUT2D eigenvalue weighted by Crippen LogP contribution is -2.39. The van der Waals surface area contributed by atoms with Gasteiger partial charge in [-0.3, -0.25) is 14.5 Å². The SMILES string of the molecule is Cc1cccc(OCCCNC(=O)CN(C)CC(=O)Nc2cccc(C)c2C)c1. The Bertz CT molecular complexity index is 836. The molecule has 29 heavy (non-hydrogen) atoms. The third-order valence-corrected chi connectivity index (χ3v) is 4.61. The Labute approximate surface area is 173 Å². The Morgan fingerprint density at radius 3 is 2.48 bits per heavy atom. The summed E-state index contributed by atoms with van der Waals surface area (Å²) in [6, 6.07) is 13.7. The van der Waals surface area contributed by atoms with Crippen molar-refractivity contribution in [1.82, 2.24) is 10.2 Å². The standard InChI is InChI=1S/C23H31N3O3/c1-17-8-5-10-20(14-17)29-13-7-12-24-22(27)15-26(4)16-23(28)25-21-11-6-9-18(2)19(21)3/h5-6,8-11,14H,7,12-13,15-16H2,1-4H3,(H,24,27)(H,25,28). The first-order valence-electron chi connectivity index (χ1n) is 9.86. The van der Waals surface area contributed by atoms with Crippen LogP contribution in [0.3, 0.4) is 0 Å². The Balaban J connectivity index is 1.63. The number of carbonyl (C=O) groups excluding carboxylic acids is 2. The highest BCUT2D eigenvalue weighted by molar-refractivity contribution is 5.93. The zero-order valence-corrected chi connectivity index (χ0v) is 17.7. The summed E-state index contributed by atoms with van der Waals surface area (Å²) in [7, 11) is 1.75. The highest BCUT2D eigenvalue weighted by atomic mass is 16.5. The molecule has 6 heteroatoms. The molecular formula is C23H31N3O3. The number of ether oxygens (including phenoxy) is 1. The summed E-state index contributed by atoms with van der Waals surface area (Å²) in [4.78, 5) is 26.0. The largest absolute Gasteiger partial charge is 0.494 e. The molecule has 2 N–H and O–H groups in total. The molecule has 0 aliphatic rings. The van der Waals surface area contributed by atoms with E-state index in [9.17, 15) is 9.59 Å². The van der Waals surface area contributed by atoms with Gasteiger partial charge in [0.15, 0.2) is 0 Å². The van der Waals surface area contributed by atoms with Crippen molar-refractivity contribution >= 4 is 17.5 Å². The average Bonchev–Trinajstić information content (AvgIpc) is 2.65. The average molecular weight is 398 g/mol. The molecule has 0 heterocycles. The van der Waals surface area contributed by atoms with Crippen LogP contribution >= 0.6 is 0 Å². The molecule has 0 bridgehead atoms. The maximum Gasteiger partial charge on any atom is 0.238 e. The van der Waals surface area contributed by atoms with E-state index in [2.05, 4.69) is 10.6 Å². The first-order valence-corrected chi connectivity index (χ1v) is 9.86. The molecule has 156 valence electrons. The highest BCUT2D eigenvalue weighted by Gasteiger charge is 2.12. The van der Waals surface area contributed by atoms with Gasteiger partial charge in [0.25, 0.3) is 0 Å². The maximum absolute atomic E-state index is 12.2. The van der Waals surface area contributed by atoms with Crippen LogP contribution in [-0.4, -0.2) is 50.0 Å². The lowest BCUT2D eigenvalue weighted by Gasteiger charge is -2.17. The molecule has 6 nitrogen and oxygen atoms in total. The van der Waals surface area contributed by atoms with Gasteiger partial charge in [0.1, 0.15) is 5.75 Å². The van der Waals surface area contributed by atoms with Crippen LogP contribution in [0.15, 0.2) is 42.5 Å². The van der Waals surface area contributed by atoms with Crippen molar-refractivity contribution in [2.45, 2.75) is 27.2 Å². The maximum atomic E-state index is 12.2. The summed E-state index contributed by atoms with van der Waals surface area (Å²) in [6.45, 7) is 7.39. The zero-order valence-electron chi connectivity index (χ0n) is 17.7. The van der Waals surface area contributed by atoms with Crippen LogP contribution in [0.4, 0.5) is 5.69 Å². The number of hydrogen-bond acceptors (Lipinski definition) is 4. The zero-order chi connectivity index (χ0) is 21.2. The number of nitrogens with one attached hydrogen (secondary N) is 2.